The maximum atomic E-state index is 9.82. The maximum Gasteiger partial charge on any atom is 0.0543 e. The number of aliphatic hydroxyl groups is 1. The third kappa shape index (κ3) is 3.28. The predicted molar refractivity (Wildman–Crippen MR) is 87.6 cm³/mol. The standard InChI is InChI=1S/C18H26ClNO/c1-18(2)10-13-6-7-14(19)9-16(13)17(18)20-11-12-4-3-5-15(21)8-12/h6-7,9,12,15,17,20-21H,3-5,8,10-11H2,1-2H3. The molecule has 0 heterocycles. The Bertz CT molecular complexity index is 514. The second-order valence-electron chi connectivity index (χ2n) is 7.54. The van der Waals surface area contributed by atoms with E-state index in [-0.39, 0.29) is 11.5 Å². The van der Waals surface area contributed by atoms with E-state index < -0.39 is 0 Å². The fraction of sp³-hybridized carbons (Fsp3) is 0.667. The zero-order valence-electron chi connectivity index (χ0n) is 13.0. The number of hydrogen-bond acceptors (Lipinski definition) is 2. The van der Waals surface area contributed by atoms with Crippen LogP contribution in [0.25, 0.3) is 0 Å². The molecule has 1 aromatic rings. The summed E-state index contributed by atoms with van der Waals surface area (Å²) in [6.45, 7) is 5.65. The number of halogens is 1. The highest BCUT2D eigenvalue weighted by atomic mass is 35.5. The molecule has 1 aromatic carbocycles. The van der Waals surface area contributed by atoms with Crippen molar-refractivity contribution in [3.63, 3.8) is 0 Å². The molecule has 1 fully saturated rings. The lowest BCUT2D eigenvalue weighted by Gasteiger charge is -2.32. The quantitative estimate of drug-likeness (QED) is 0.881. The van der Waals surface area contributed by atoms with E-state index in [1.807, 2.05) is 6.07 Å². The van der Waals surface area contributed by atoms with Crippen LogP contribution in [0.4, 0.5) is 0 Å². The smallest absolute Gasteiger partial charge is 0.0543 e. The van der Waals surface area contributed by atoms with Crippen molar-refractivity contribution in [2.24, 2.45) is 11.3 Å². The first-order chi connectivity index (χ1) is 9.95. The van der Waals surface area contributed by atoms with E-state index in [4.69, 9.17) is 11.6 Å². The van der Waals surface area contributed by atoms with E-state index in [0.717, 1.165) is 37.3 Å². The van der Waals surface area contributed by atoms with Crippen molar-refractivity contribution in [1.29, 1.82) is 0 Å². The van der Waals surface area contributed by atoms with E-state index in [1.54, 1.807) is 0 Å². The van der Waals surface area contributed by atoms with Crippen molar-refractivity contribution >= 4 is 11.6 Å². The van der Waals surface area contributed by atoms with E-state index in [2.05, 4.69) is 31.3 Å². The van der Waals surface area contributed by atoms with Gasteiger partial charge in [-0.1, -0.05) is 37.9 Å². The van der Waals surface area contributed by atoms with Crippen LogP contribution in [0.3, 0.4) is 0 Å². The van der Waals surface area contributed by atoms with Gasteiger partial charge in [0.1, 0.15) is 0 Å². The van der Waals surface area contributed by atoms with E-state index >= 15 is 0 Å². The highest BCUT2D eigenvalue weighted by Gasteiger charge is 2.39. The molecule has 0 radical (unpaired) electrons. The fourth-order valence-corrected chi connectivity index (χ4v) is 4.31. The van der Waals surface area contributed by atoms with Crippen molar-refractivity contribution in [3.05, 3.63) is 34.3 Å². The second-order valence-corrected chi connectivity index (χ2v) is 7.97. The summed E-state index contributed by atoms with van der Waals surface area (Å²) in [7, 11) is 0. The Morgan fingerprint density at radius 3 is 2.90 bits per heavy atom. The minimum Gasteiger partial charge on any atom is -0.393 e. The minimum absolute atomic E-state index is 0.0936. The van der Waals surface area contributed by atoms with Gasteiger partial charge in [0, 0.05) is 11.1 Å². The molecule has 0 aliphatic heterocycles. The van der Waals surface area contributed by atoms with Gasteiger partial charge in [-0.2, -0.15) is 0 Å². The first-order valence-corrected chi connectivity index (χ1v) is 8.53. The molecule has 21 heavy (non-hydrogen) atoms. The average Bonchev–Trinajstić information content (AvgIpc) is 2.66. The molecule has 2 N–H and O–H groups in total. The van der Waals surface area contributed by atoms with Gasteiger partial charge in [0.15, 0.2) is 0 Å². The van der Waals surface area contributed by atoms with Gasteiger partial charge in [-0.25, -0.2) is 0 Å². The summed E-state index contributed by atoms with van der Waals surface area (Å²) < 4.78 is 0. The Morgan fingerprint density at radius 1 is 1.33 bits per heavy atom. The van der Waals surface area contributed by atoms with Crippen molar-refractivity contribution in [2.75, 3.05) is 6.54 Å². The van der Waals surface area contributed by atoms with Crippen LogP contribution in [0, 0.1) is 11.3 Å². The molecular weight excluding hydrogens is 282 g/mol. The van der Waals surface area contributed by atoms with Gasteiger partial charge in [0.05, 0.1) is 6.10 Å². The summed E-state index contributed by atoms with van der Waals surface area (Å²) in [4.78, 5) is 0. The summed E-state index contributed by atoms with van der Waals surface area (Å²) in [6.07, 6.45) is 5.32. The Morgan fingerprint density at radius 2 is 2.14 bits per heavy atom. The van der Waals surface area contributed by atoms with Crippen LogP contribution in [0.15, 0.2) is 18.2 Å². The van der Waals surface area contributed by atoms with Gasteiger partial charge < -0.3 is 10.4 Å². The largest absolute Gasteiger partial charge is 0.393 e. The van der Waals surface area contributed by atoms with Gasteiger partial charge in [-0.15, -0.1) is 0 Å². The number of rotatable bonds is 3. The molecule has 3 rings (SSSR count). The lowest BCUT2D eigenvalue weighted by Crippen LogP contribution is -2.36. The molecule has 0 bridgehead atoms. The third-order valence-corrected chi connectivity index (χ3v) is 5.45. The molecule has 2 nitrogen and oxygen atoms in total. The number of aliphatic hydroxyl groups excluding tert-OH is 1. The normalized spacial score (nSPS) is 31.1. The topological polar surface area (TPSA) is 32.3 Å². The van der Waals surface area contributed by atoms with Crippen LogP contribution in [0.2, 0.25) is 5.02 Å². The van der Waals surface area contributed by atoms with Gasteiger partial charge in [0.2, 0.25) is 0 Å². The number of fused-ring (bicyclic) bond motifs is 1. The Hall–Kier alpha value is -0.570. The molecule has 0 amide bonds. The minimum atomic E-state index is -0.0936. The molecule has 0 aromatic heterocycles. The maximum absolute atomic E-state index is 9.82. The summed E-state index contributed by atoms with van der Waals surface area (Å²) in [5, 5.41) is 14.4. The van der Waals surface area contributed by atoms with Crippen molar-refractivity contribution < 1.29 is 5.11 Å². The second kappa shape index (κ2) is 5.91. The lowest BCUT2D eigenvalue weighted by atomic mass is 9.83. The molecule has 3 unspecified atom stereocenters. The number of nitrogens with one attached hydrogen (secondary N) is 1. The SMILES string of the molecule is CC1(C)Cc2ccc(Cl)cc2C1NCC1CCCC(O)C1. The van der Waals surface area contributed by atoms with Crippen LogP contribution in [-0.2, 0) is 6.42 Å². The third-order valence-electron chi connectivity index (χ3n) is 5.21. The Labute approximate surface area is 132 Å². The van der Waals surface area contributed by atoms with Crippen LogP contribution >= 0.6 is 11.6 Å². The van der Waals surface area contributed by atoms with Crippen LogP contribution in [0.5, 0.6) is 0 Å². The molecule has 1 saturated carbocycles. The van der Waals surface area contributed by atoms with Crippen LogP contribution < -0.4 is 5.32 Å². The molecule has 3 atom stereocenters. The number of benzene rings is 1. The summed E-state index contributed by atoms with van der Waals surface area (Å²) >= 11 is 6.19. The van der Waals surface area contributed by atoms with Crippen molar-refractivity contribution in [1.82, 2.24) is 5.32 Å². The van der Waals surface area contributed by atoms with Gasteiger partial charge in [0.25, 0.3) is 0 Å². The lowest BCUT2D eigenvalue weighted by molar-refractivity contribution is 0.0974. The van der Waals surface area contributed by atoms with Gasteiger partial charge >= 0.3 is 0 Å². The Balaban J connectivity index is 1.71. The highest BCUT2D eigenvalue weighted by Crippen LogP contribution is 2.46. The average molecular weight is 308 g/mol. The fourth-order valence-electron chi connectivity index (χ4n) is 4.13. The molecule has 3 heteroatoms. The summed E-state index contributed by atoms with van der Waals surface area (Å²) in [6, 6.07) is 6.66. The summed E-state index contributed by atoms with van der Waals surface area (Å²) in [5.74, 6) is 0.604. The van der Waals surface area contributed by atoms with Crippen LogP contribution in [-0.4, -0.2) is 17.8 Å². The predicted octanol–water partition coefficient (Wildman–Crippen LogP) is 4.10. The highest BCUT2D eigenvalue weighted by molar-refractivity contribution is 6.30. The molecule has 0 saturated heterocycles. The van der Waals surface area contributed by atoms with Gasteiger partial charge in [-0.05, 0) is 66.8 Å². The summed E-state index contributed by atoms with van der Waals surface area (Å²) in [5.41, 5.74) is 3.01. The van der Waals surface area contributed by atoms with Crippen molar-refractivity contribution in [2.45, 2.75) is 58.1 Å². The van der Waals surface area contributed by atoms with Gasteiger partial charge in [-0.3, -0.25) is 0 Å². The van der Waals surface area contributed by atoms with E-state index in [9.17, 15) is 5.11 Å². The Kier molecular flexibility index (Phi) is 4.31. The monoisotopic (exact) mass is 307 g/mol. The molecule has 2 aliphatic rings. The molecular formula is C18H26ClNO. The van der Waals surface area contributed by atoms with Crippen LogP contribution in [0.1, 0.15) is 56.7 Å². The zero-order valence-corrected chi connectivity index (χ0v) is 13.8. The van der Waals surface area contributed by atoms with Crippen molar-refractivity contribution in [3.8, 4) is 0 Å². The molecule has 116 valence electrons. The molecule has 2 aliphatic carbocycles. The first kappa shape index (κ1) is 15.3. The van der Waals surface area contributed by atoms with E-state index in [1.165, 1.54) is 17.5 Å². The zero-order chi connectivity index (χ0) is 15.0. The first-order valence-electron chi connectivity index (χ1n) is 8.15. The number of hydrogen-bond donors (Lipinski definition) is 2. The van der Waals surface area contributed by atoms with E-state index in [0.29, 0.717) is 12.0 Å². The molecule has 0 spiro atoms.